The van der Waals surface area contributed by atoms with Crippen LogP contribution in [-0.4, -0.2) is 11.4 Å². The second-order valence-electron chi connectivity index (χ2n) is 5.44. The van der Waals surface area contributed by atoms with E-state index in [-0.39, 0.29) is 11.4 Å². The third-order valence-corrected chi connectivity index (χ3v) is 4.30. The molecule has 90 valence electrons. The molecule has 0 spiro atoms. The van der Waals surface area contributed by atoms with E-state index in [2.05, 4.69) is 19.2 Å². The number of carbonyl (C=O) groups is 1. The maximum absolute atomic E-state index is 11.6. The lowest BCUT2D eigenvalue weighted by Gasteiger charge is -2.53. The highest BCUT2D eigenvalue weighted by atomic mass is 16.1. The van der Waals surface area contributed by atoms with Crippen LogP contribution in [0.4, 0.5) is 0 Å². The summed E-state index contributed by atoms with van der Waals surface area (Å²) < 4.78 is 0. The first-order chi connectivity index (χ1) is 7.68. The van der Waals surface area contributed by atoms with Crippen LogP contribution in [0.5, 0.6) is 0 Å². The van der Waals surface area contributed by atoms with E-state index in [0.717, 1.165) is 0 Å². The second kappa shape index (κ2) is 4.60. The van der Waals surface area contributed by atoms with E-state index in [9.17, 15) is 4.79 Å². The monoisotopic (exact) mass is 221 g/mol. The van der Waals surface area contributed by atoms with E-state index in [0.29, 0.717) is 5.92 Å². The fraction of sp³-hybridized carbons (Fsp3) is 0.786. The van der Waals surface area contributed by atoms with Crippen LogP contribution >= 0.6 is 0 Å². The van der Waals surface area contributed by atoms with Crippen molar-refractivity contribution in [1.82, 2.24) is 5.32 Å². The largest absolute Gasteiger partial charge is 0.347 e. The van der Waals surface area contributed by atoms with Gasteiger partial charge in [-0.3, -0.25) is 4.79 Å². The standard InChI is InChI=1S/C14H23NO/c1-3-4-5-6-8-14-9-7-12(14)11(2)10-13(16)15-14/h10,12H,3-9H2,1-2H3,(H,15,16)/t12-,14-/m1/s1. The maximum Gasteiger partial charge on any atom is 0.244 e. The SMILES string of the molecule is CCCCCC[C@@]12CC[C@@H]1C(C)=CC(=O)N2. The third kappa shape index (κ3) is 2.02. The summed E-state index contributed by atoms with van der Waals surface area (Å²) in [5.41, 5.74) is 1.44. The molecule has 1 fully saturated rings. The molecule has 0 saturated heterocycles. The lowest BCUT2D eigenvalue weighted by Crippen LogP contribution is -2.62. The quantitative estimate of drug-likeness (QED) is 0.710. The van der Waals surface area contributed by atoms with Crippen molar-refractivity contribution in [3.63, 3.8) is 0 Å². The number of hydrogen-bond acceptors (Lipinski definition) is 1. The minimum atomic E-state index is 0.129. The van der Waals surface area contributed by atoms with Crippen LogP contribution in [0.3, 0.4) is 0 Å². The Morgan fingerprint density at radius 2 is 2.25 bits per heavy atom. The molecule has 1 aliphatic carbocycles. The molecule has 1 amide bonds. The Hall–Kier alpha value is -0.790. The Labute approximate surface area is 98.5 Å². The fourth-order valence-corrected chi connectivity index (χ4v) is 3.27. The zero-order chi connectivity index (χ0) is 11.6. The predicted octanol–water partition coefficient (Wildman–Crippen LogP) is 3.18. The lowest BCUT2D eigenvalue weighted by atomic mass is 9.60. The molecule has 0 aromatic carbocycles. The highest BCUT2D eigenvalue weighted by Crippen LogP contribution is 2.47. The summed E-state index contributed by atoms with van der Waals surface area (Å²) in [6, 6.07) is 0. The van der Waals surface area contributed by atoms with Gasteiger partial charge in [0.1, 0.15) is 0 Å². The zero-order valence-corrected chi connectivity index (χ0v) is 10.5. The highest BCUT2D eigenvalue weighted by molar-refractivity contribution is 5.90. The molecule has 0 unspecified atom stereocenters. The molecule has 2 heteroatoms. The van der Waals surface area contributed by atoms with Crippen molar-refractivity contribution < 1.29 is 4.79 Å². The van der Waals surface area contributed by atoms with E-state index >= 15 is 0 Å². The minimum absolute atomic E-state index is 0.129. The summed E-state index contributed by atoms with van der Waals surface area (Å²) in [6.45, 7) is 4.35. The number of fused-ring (bicyclic) bond motifs is 1. The van der Waals surface area contributed by atoms with Gasteiger partial charge in [-0.1, -0.05) is 38.2 Å². The second-order valence-corrected chi connectivity index (χ2v) is 5.44. The molecule has 1 saturated carbocycles. The highest BCUT2D eigenvalue weighted by Gasteiger charge is 2.49. The summed E-state index contributed by atoms with van der Waals surface area (Å²) in [7, 11) is 0. The molecular formula is C14H23NO. The first-order valence-corrected chi connectivity index (χ1v) is 6.68. The van der Waals surface area contributed by atoms with Crippen LogP contribution in [-0.2, 0) is 4.79 Å². The lowest BCUT2D eigenvalue weighted by molar-refractivity contribution is -0.122. The van der Waals surface area contributed by atoms with Crippen molar-refractivity contribution in [1.29, 1.82) is 0 Å². The van der Waals surface area contributed by atoms with E-state index in [1.165, 1.54) is 50.5 Å². The van der Waals surface area contributed by atoms with Crippen molar-refractivity contribution in [2.24, 2.45) is 5.92 Å². The van der Waals surface area contributed by atoms with Gasteiger partial charge in [-0.15, -0.1) is 0 Å². The van der Waals surface area contributed by atoms with Gasteiger partial charge in [0.15, 0.2) is 0 Å². The molecule has 0 bridgehead atoms. The van der Waals surface area contributed by atoms with Crippen molar-refractivity contribution in [3.05, 3.63) is 11.6 Å². The molecule has 0 radical (unpaired) electrons. The van der Waals surface area contributed by atoms with Gasteiger partial charge in [0.2, 0.25) is 5.91 Å². The molecule has 0 aromatic rings. The summed E-state index contributed by atoms with van der Waals surface area (Å²) >= 11 is 0. The van der Waals surface area contributed by atoms with E-state index in [1.807, 2.05) is 0 Å². The first kappa shape index (κ1) is 11.7. The van der Waals surface area contributed by atoms with Gasteiger partial charge < -0.3 is 5.32 Å². The van der Waals surface area contributed by atoms with Crippen LogP contribution < -0.4 is 5.32 Å². The van der Waals surface area contributed by atoms with Gasteiger partial charge in [0.25, 0.3) is 0 Å². The molecule has 0 aromatic heterocycles. The van der Waals surface area contributed by atoms with Crippen molar-refractivity contribution in [2.75, 3.05) is 0 Å². The van der Waals surface area contributed by atoms with Crippen LogP contribution in [0.1, 0.15) is 58.8 Å². The normalized spacial score (nSPS) is 32.5. The molecule has 16 heavy (non-hydrogen) atoms. The van der Waals surface area contributed by atoms with Crippen LogP contribution in [0.2, 0.25) is 0 Å². The molecule has 2 atom stereocenters. The predicted molar refractivity (Wildman–Crippen MR) is 66.1 cm³/mol. The van der Waals surface area contributed by atoms with Gasteiger partial charge in [0.05, 0.1) is 0 Å². The molecule has 2 rings (SSSR count). The number of nitrogens with one attached hydrogen (secondary N) is 1. The number of hydrogen-bond donors (Lipinski definition) is 1. The summed E-state index contributed by atoms with van der Waals surface area (Å²) in [5.74, 6) is 0.760. The Morgan fingerprint density at radius 3 is 2.88 bits per heavy atom. The average Bonchev–Trinajstić information content (AvgIpc) is 2.19. The Bertz CT molecular complexity index is 308. The van der Waals surface area contributed by atoms with E-state index in [4.69, 9.17) is 0 Å². The summed E-state index contributed by atoms with van der Waals surface area (Å²) in [6.07, 6.45) is 10.6. The number of unbranched alkanes of at least 4 members (excludes halogenated alkanes) is 3. The average molecular weight is 221 g/mol. The molecular weight excluding hydrogens is 198 g/mol. The van der Waals surface area contributed by atoms with Gasteiger partial charge in [-0.05, 0) is 26.2 Å². The molecule has 1 aliphatic heterocycles. The van der Waals surface area contributed by atoms with Crippen LogP contribution in [0.15, 0.2) is 11.6 Å². The van der Waals surface area contributed by atoms with Gasteiger partial charge in [-0.2, -0.15) is 0 Å². The fourth-order valence-electron chi connectivity index (χ4n) is 3.27. The van der Waals surface area contributed by atoms with Crippen molar-refractivity contribution in [2.45, 2.75) is 64.3 Å². The van der Waals surface area contributed by atoms with E-state index in [1.54, 1.807) is 6.08 Å². The Kier molecular flexibility index (Phi) is 3.36. The van der Waals surface area contributed by atoms with Gasteiger partial charge in [0, 0.05) is 17.5 Å². The van der Waals surface area contributed by atoms with Gasteiger partial charge >= 0.3 is 0 Å². The molecule has 2 aliphatic rings. The summed E-state index contributed by atoms with van der Waals surface area (Å²) in [5, 5.41) is 3.22. The number of carbonyl (C=O) groups excluding carboxylic acids is 1. The van der Waals surface area contributed by atoms with Crippen molar-refractivity contribution in [3.8, 4) is 0 Å². The minimum Gasteiger partial charge on any atom is -0.347 e. The third-order valence-electron chi connectivity index (χ3n) is 4.30. The zero-order valence-electron chi connectivity index (χ0n) is 10.5. The molecule has 1 N–H and O–H groups in total. The molecule has 2 nitrogen and oxygen atoms in total. The maximum atomic E-state index is 11.6. The smallest absolute Gasteiger partial charge is 0.244 e. The Balaban J connectivity index is 1.92. The number of amides is 1. The van der Waals surface area contributed by atoms with Crippen LogP contribution in [0.25, 0.3) is 0 Å². The van der Waals surface area contributed by atoms with E-state index < -0.39 is 0 Å². The first-order valence-electron chi connectivity index (χ1n) is 6.68. The number of rotatable bonds is 5. The molecule has 1 heterocycles. The van der Waals surface area contributed by atoms with Crippen molar-refractivity contribution >= 4 is 5.91 Å². The van der Waals surface area contributed by atoms with Gasteiger partial charge in [-0.25, -0.2) is 0 Å². The Morgan fingerprint density at radius 1 is 1.44 bits per heavy atom. The van der Waals surface area contributed by atoms with Crippen LogP contribution in [0, 0.1) is 5.92 Å². The topological polar surface area (TPSA) is 29.1 Å². The summed E-state index contributed by atoms with van der Waals surface area (Å²) in [4.78, 5) is 11.6.